The topological polar surface area (TPSA) is 24.5 Å². The molecule has 0 aliphatic carbocycles. The van der Waals surface area contributed by atoms with Crippen molar-refractivity contribution in [3.8, 4) is 0 Å². The van der Waals surface area contributed by atoms with Crippen LogP contribution in [-0.4, -0.2) is 36.7 Å². The fraction of sp³-hybridized carbons (Fsp3) is 0.625. The second-order valence-electron chi connectivity index (χ2n) is 5.66. The van der Waals surface area contributed by atoms with Gasteiger partial charge >= 0.3 is 0 Å². The molecule has 0 bridgehead atoms. The molecule has 1 aliphatic heterocycles. The van der Waals surface area contributed by atoms with E-state index in [1.54, 1.807) is 0 Å². The highest BCUT2D eigenvalue weighted by Crippen LogP contribution is 2.22. The van der Waals surface area contributed by atoms with Gasteiger partial charge in [0.15, 0.2) is 0 Å². The van der Waals surface area contributed by atoms with E-state index in [1.807, 2.05) is 0 Å². The summed E-state index contributed by atoms with van der Waals surface area (Å²) in [6, 6.07) is 6.68. The number of nitrogens with zero attached hydrogens (tertiary/aromatic N) is 1. The smallest absolute Gasteiger partial charge is 0.0678 e. The second kappa shape index (κ2) is 7.55. The molecule has 1 aromatic rings. The van der Waals surface area contributed by atoms with Crippen molar-refractivity contribution in [3.05, 3.63) is 33.8 Å². The van der Waals surface area contributed by atoms with E-state index in [1.165, 1.54) is 15.6 Å². The van der Waals surface area contributed by atoms with Crippen LogP contribution in [0.3, 0.4) is 0 Å². The molecule has 0 radical (unpaired) electrons. The minimum absolute atomic E-state index is 0.325. The van der Waals surface area contributed by atoms with Gasteiger partial charge in [-0.1, -0.05) is 35.0 Å². The summed E-state index contributed by atoms with van der Waals surface area (Å²) in [5.74, 6) is 0. The van der Waals surface area contributed by atoms with Gasteiger partial charge in [-0.2, -0.15) is 0 Å². The highest BCUT2D eigenvalue weighted by molar-refractivity contribution is 9.10. The van der Waals surface area contributed by atoms with Crippen LogP contribution in [0.5, 0.6) is 0 Å². The van der Waals surface area contributed by atoms with Gasteiger partial charge in [0.2, 0.25) is 0 Å². The molecule has 1 aliphatic rings. The Balaban J connectivity index is 1.98. The molecule has 20 heavy (non-hydrogen) atoms. The average Bonchev–Trinajstić information content (AvgIpc) is 2.38. The summed E-state index contributed by atoms with van der Waals surface area (Å²) >= 11 is 3.71. The number of hydrogen-bond donors (Lipinski definition) is 1. The van der Waals surface area contributed by atoms with Gasteiger partial charge in [0.25, 0.3) is 0 Å². The Kier molecular flexibility index (Phi) is 6.02. The molecule has 2 unspecified atom stereocenters. The number of hydrogen-bond acceptors (Lipinski definition) is 3. The second-order valence-corrected chi connectivity index (χ2v) is 6.51. The van der Waals surface area contributed by atoms with Crippen LogP contribution >= 0.6 is 15.9 Å². The van der Waals surface area contributed by atoms with Crippen LogP contribution in [-0.2, 0) is 17.8 Å². The fourth-order valence-corrected chi connectivity index (χ4v) is 3.30. The van der Waals surface area contributed by atoms with Crippen LogP contribution in [0.15, 0.2) is 22.7 Å². The summed E-state index contributed by atoms with van der Waals surface area (Å²) in [5, 5.41) is 3.36. The Morgan fingerprint density at radius 3 is 2.60 bits per heavy atom. The molecule has 1 heterocycles. The molecular weight excluding hydrogens is 316 g/mol. The average molecular weight is 341 g/mol. The molecule has 0 aromatic heterocycles. The van der Waals surface area contributed by atoms with Crippen molar-refractivity contribution in [2.45, 2.75) is 46.1 Å². The van der Waals surface area contributed by atoms with Crippen molar-refractivity contribution in [2.75, 3.05) is 19.6 Å². The van der Waals surface area contributed by atoms with E-state index in [0.29, 0.717) is 12.2 Å². The molecule has 2 atom stereocenters. The van der Waals surface area contributed by atoms with Crippen molar-refractivity contribution in [2.24, 2.45) is 0 Å². The molecular formula is C16H25BrN2O. The van der Waals surface area contributed by atoms with Crippen molar-refractivity contribution in [1.82, 2.24) is 10.2 Å². The van der Waals surface area contributed by atoms with Gasteiger partial charge < -0.3 is 10.1 Å². The Morgan fingerprint density at radius 1 is 1.30 bits per heavy atom. The minimum atomic E-state index is 0.325. The third-order valence-corrected chi connectivity index (χ3v) is 4.32. The molecule has 1 fully saturated rings. The monoisotopic (exact) mass is 340 g/mol. The molecule has 4 heteroatoms. The van der Waals surface area contributed by atoms with E-state index in [2.05, 4.69) is 65.1 Å². The zero-order valence-electron chi connectivity index (χ0n) is 12.7. The third-order valence-electron chi connectivity index (χ3n) is 3.59. The molecule has 0 spiro atoms. The molecule has 112 valence electrons. The first kappa shape index (κ1) is 16.0. The van der Waals surface area contributed by atoms with E-state index in [4.69, 9.17) is 4.74 Å². The first-order valence-corrected chi connectivity index (χ1v) is 8.23. The standard InChI is InChI=1S/C16H25BrN2O/c1-4-18-8-14-5-6-15(16(17)7-14)11-19-9-12(2)20-13(3)10-19/h5-7,12-13,18H,4,8-11H2,1-3H3. The van der Waals surface area contributed by atoms with Gasteiger partial charge in [0.1, 0.15) is 0 Å². The molecule has 1 saturated heterocycles. The van der Waals surface area contributed by atoms with Crippen molar-refractivity contribution >= 4 is 15.9 Å². The molecule has 0 amide bonds. The van der Waals surface area contributed by atoms with Crippen LogP contribution < -0.4 is 5.32 Å². The molecule has 1 aromatic carbocycles. The maximum atomic E-state index is 5.79. The van der Waals surface area contributed by atoms with Gasteiger partial charge in [0.05, 0.1) is 12.2 Å². The Morgan fingerprint density at radius 2 is 2.00 bits per heavy atom. The van der Waals surface area contributed by atoms with Gasteiger partial charge in [-0.25, -0.2) is 0 Å². The number of nitrogens with one attached hydrogen (secondary N) is 1. The van der Waals surface area contributed by atoms with Crippen LogP contribution in [0.1, 0.15) is 31.9 Å². The van der Waals surface area contributed by atoms with Gasteiger partial charge in [-0.3, -0.25) is 4.90 Å². The lowest BCUT2D eigenvalue weighted by molar-refractivity contribution is -0.0705. The van der Waals surface area contributed by atoms with Crippen LogP contribution in [0.4, 0.5) is 0 Å². The quantitative estimate of drug-likeness (QED) is 0.890. The first-order valence-electron chi connectivity index (χ1n) is 7.44. The summed E-state index contributed by atoms with van der Waals surface area (Å²) in [7, 11) is 0. The highest BCUT2D eigenvalue weighted by Gasteiger charge is 2.22. The largest absolute Gasteiger partial charge is 0.373 e. The minimum Gasteiger partial charge on any atom is -0.373 e. The Labute approximate surface area is 130 Å². The van der Waals surface area contributed by atoms with Gasteiger partial charge in [-0.05, 0) is 37.6 Å². The van der Waals surface area contributed by atoms with Crippen molar-refractivity contribution < 1.29 is 4.74 Å². The highest BCUT2D eigenvalue weighted by atomic mass is 79.9. The fourth-order valence-electron chi connectivity index (χ4n) is 2.75. The van der Waals surface area contributed by atoms with E-state index < -0.39 is 0 Å². The third kappa shape index (κ3) is 4.55. The summed E-state index contributed by atoms with van der Waals surface area (Å²) < 4.78 is 6.99. The van der Waals surface area contributed by atoms with Crippen LogP contribution in [0.25, 0.3) is 0 Å². The first-order chi connectivity index (χ1) is 9.58. The van der Waals surface area contributed by atoms with E-state index in [-0.39, 0.29) is 0 Å². The van der Waals surface area contributed by atoms with Crippen LogP contribution in [0, 0.1) is 0 Å². The zero-order valence-corrected chi connectivity index (χ0v) is 14.2. The summed E-state index contributed by atoms with van der Waals surface area (Å²) in [6.07, 6.45) is 0.649. The molecule has 1 N–H and O–H groups in total. The Bertz CT molecular complexity index is 428. The lowest BCUT2D eigenvalue weighted by atomic mass is 10.1. The van der Waals surface area contributed by atoms with E-state index in [0.717, 1.165) is 32.7 Å². The lowest BCUT2D eigenvalue weighted by Gasteiger charge is -2.35. The SMILES string of the molecule is CCNCc1ccc(CN2CC(C)OC(C)C2)c(Br)c1. The Hall–Kier alpha value is -0.420. The lowest BCUT2D eigenvalue weighted by Crippen LogP contribution is -2.44. The predicted octanol–water partition coefficient (Wildman–Crippen LogP) is 3.17. The zero-order chi connectivity index (χ0) is 14.5. The number of ether oxygens (including phenoxy) is 1. The maximum Gasteiger partial charge on any atom is 0.0678 e. The predicted molar refractivity (Wildman–Crippen MR) is 86.8 cm³/mol. The normalized spacial score (nSPS) is 24.0. The van der Waals surface area contributed by atoms with E-state index in [9.17, 15) is 0 Å². The molecule has 2 rings (SSSR count). The van der Waals surface area contributed by atoms with Gasteiger partial charge in [0, 0.05) is 30.7 Å². The van der Waals surface area contributed by atoms with Crippen LogP contribution in [0.2, 0.25) is 0 Å². The molecule has 3 nitrogen and oxygen atoms in total. The van der Waals surface area contributed by atoms with Crippen molar-refractivity contribution in [1.29, 1.82) is 0 Å². The number of morpholine rings is 1. The number of rotatable bonds is 5. The summed E-state index contributed by atoms with van der Waals surface area (Å²) in [4.78, 5) is 2.48. The summed E-state index contributed by atoms with van der Waals surface area (Å²) in [6.45, 7) is 11.4. The summed E-state index contributed by atoms with van der Waals surface area (Å²) in [5.41, 5.74) is 2.68. The maximum absolute atomic E-state index is 5.79. The molecule has 0 saturated carbocycles. The van der Waals surface area contributed by atoms with E-state index >= 15 is 0 Å². The number of halogens is 1. The number of benzene rings is 1. The van der Waals surface area contributed by atoms with Crippen molar-refractivity contribution in [3.63, 3.8) is 0 Å². The van der Waals surface area contributed by atoms with Gasteiger partial charge in [-0.15, -0.1) is 0 Å².